The van der Waals surface area contributed by atoms with Gasteiger partial charge in [0.1, 0.15) is 29.1 Å². The first-order valence-corrected chi connectivity index (χ1v) is 15.7. The van der Waals surface area contributed by atoms with Crippen LogP contribution in [0, 0.1) is 11.8 Å². The molecular formula is C36H37NO9. The quantitative estimate of drug-likeness (QED) is 0.394. The Morgan fingerprint density at radius 3 is 2.67 bits per heavy atom. The van der Waals surface area contributed by atoms with Crippen LogP contribution >= 0.6 is 0 Å². The van der Waals surface area contributed by atoms with Gasteiger partial charge in [-0.15, -0.1) is 0 Å². The van der Waals surface area contributed by atoms with Gasteiger partial charge in [-0.05, 0) is 50.1 Å². The lowest BCUT2D eigenvalue weighted by Gasteiger charge is -2.41. The average molecular weight is 628 g/mol. The summed E-state index contributed by atoms with van der Waals surface area (Å²) in [6.07, 6.45) is 5.69. The number of Topliss-reactive ketones (excluding diaryl/α,β-unsaturated/α-hetero) is 1. The van der Waals surface area contributed by atoms with E-state index in [0.29, 0.717) is 52.3 Å². The van der Waals surface area contributed by atoms with Crippen LogP contribution in [-0.2, 0) is 27.4 Å². The number of nitrogens with zero attached hydrogens (tertiary/aromatic N) is 1. The van der Waals surface area contributed by atoms with Crippen molar-refractivity contribution < 1.29 is 43.9 Å². The van der Waals surface area contributed by atoms with Gasteiger partial charge >= 0.3 is 5.97 Å². The largest absolute Gasteiger partial charge is 0.496 e. The van der Waals surface area contributed by atoms with Gasteiger partial charge in [0.15, 0.2) is 0 Å². The van der Waals surface area contributed by atoms with Crippen LogP contribution in [0.1, 0.15) is 55.4 Å². The number of benzene rings is 2. The van der Waals surface area contributed by atoms with Gasteiger partial charge < -0.3 is 34.3 Å². The first kappa shape index (κ1) is 30.4. The molecule has 0 unspecified atom stereocenters. The van der Waals surface area contributed by atoms with Gasteiger partial charge in [0.2, 0.25) is 5.76 Å². The number of rotatable bonds is 7. The highest BCUT2D eigenvalue weighted by Crippen LogP contribution is 2.59. The summed E-state index contributed by atoms with van der Waals surface area (Å²) >= 11 is 0. The molecule has 3 heterocycles. The van der Waals surface area contributed by atoms with Gasteiger partial charge in [-0.2, -0.15) is 0 Å². The molecule has 0 saturated heterocycles. The summed E-state index contributed by atoms with van der Waals surface area (Å²) in [4.78, 5) is 32.0. The first-order valence-electron chi connectivity index (χ1n) is 15.7. The van der Waals surface area contributed by atoms with Crippen molar-refractivity contribution in [2.24, 2.45) is 16.8 Å². The Kier molecular flexibility index (Phi) is 7.42. The summed E-state index contributed by atoms with van der Waals surface area (Å²) in [5.74, 6) is -1.48. The molecule has 2 aromatic carbocycles. The Balaban J connectivity index is 1.51. The van der Waals surface area contributed by atoms with Crippen molar-refractivity contribution in [2.45, 2.75) is 57.8 Å². The second kappa shape index (κ2) is 11.2. The molecule has 2 aliphatic carbocycles. The van der Waals surface area contributed by atoms with Crippen molar-refractivity contribution in [3.05, 3.63) is 80.1 Å². The van der Waals surface area contributed by atoms with Crippen LogP contribution in [-0.4, -0.2) is 65.6 Å². The van der Waals surface area contributed by atoms with E-state index in [9.17, 15) is 24.9 Å². The molecular weight excluding hydrogens is 590 g/mol. The monoisotopic (exact) mass is 627 g/mol. The molecule has 10 heteroatoms. The normalized spacial score (nSPS) is 24.1. The zero-order chi connectivity index (χ0) is 32.5. The minimum Gasteiger partial charge on any atom is -0.496 e. The molecule has 3 N–H and O–H groups in total. The van der Waals surface area contributed by atoms with E-state index in [-0.39, 0.29) is 36.9 Å². The summed E-state index contributed by atoms with van der Waals surface area (Å²) in [6, 6.07) is 5.86. The van der Waals surface area contributed by atoms with Crippen molar-refractivity contribution in [1.82, 2.24) is 0 Å². The van der Waals surface area contributed by atoms with Gasteiger partial charge in [0.05, 0.1) is 61.5 Å². The lowest BCUT2D eigenvalue weighted by Crippen LogP contribution is -2.39. The number of carbonyl (C=O) groups excluding carboxylic acids is 2. The van der Waals surface area contributed by atoms with Crippen molar-refractivity contribution in [1.29, 1.82) is 0 Å². The molecule has 1 fully saturated rings. The predicted molar refractivity (Wildman–Crippen MR) is 167 cm³/mol. The number of fused-ring (bicyclic) bond motifs is 6. The third kappa shape index (κ3) is 4.53. The Morgan fingerprint density at radius 2 is 1.98 bits per heavy atom. The van der Waals surface area contributed by atoms with Crippen LogP contribution in [0.4, 0.5) is 0 Å². The lowest BCUT2D eigenvalue weighted by molar-refractivity contribution is -0.141. The van der Waals surface area contributed by atoms with E-state index in [1.807, 2.05) is 30.4 Å². The molecule has 46 heavy (non-hydrogen) atoms. The third-order valence-electron chi connectivity index (χ3n) is 9.71. The maximum absolute atomic E-state index is 14.0. The number of hydrogen-bond donors (Lipinski definition) is 3. The Hall–Kier alpha value is -4.25. The fourth-order valence-electron chi connectivity index (χ4n) is 7.51. The van der Waals surface area contributed by atoms with Crippen LogP contribution in [0.25, 0.3) is 11.6 Å². The molecule has 3 aliphatic heterocycles. The SMILES string of the molecule is CCOC(=O)C1=C2C=C[C@H]3C(=C2c2c(OC)c4c(c(CO)c2O1)O[C@H](C(C)(C)O)C4)C[C@H](CO)C(=O)[C@H]3c1ccc2c(c1)=CCN=2. The molecule has 0 aromatic heterocycles. The number of ether oxygens (including phenoxy) is 4. The number of allylic oxidation sites excluding steroid dienone is 5. The minimum absolute atomic E-state index is 0.0528. The molecule has 1 saturated carbocycles. The summed E-state index contributed by atoms with van der Waals surface area (Å²) < 4.78 is 24.1. The molecule has 0 bridgehead atoms. The van der Waals surface area contributed by atoms with Crippen LogP contribution in [0.3, 0.4) is 0 Å². The zero-order valence-electron chi connectivity index (χ0n) is 26.3. The van der Waals surface area contributed by atoms with Crippen molar-refractivity contribution in [3.8, 4) is 17.2 Å². The van der Waals surface area contributed by atoms with Gasteiger partial charge in [0, 0.05) is 35.0 Å². The number of aliphatic hydroxyl groups excluding tert-OH is 2. The van der Waals surface area contributed by atoms with Crippen molar-refractivity contribution in [2.75, 3.05) is 26.9 Å². The van der Waals surface area contributed by atoms with Crippen LogP contribution in [0.5, 0.6) is 17.2 Å². The summed E-state index contributed by atoms with van der Waals surface area (Å²) in [5.41, 5.74) is 3.11. The second-order valence-electron chi connectivity index (χ2n) is 12.8. The molecule has 7 rings (SSSR count). The topological polar surface area (TPSA) is 144 Å². The highest BCUT2D eigenvalue weighted by molar-refractivity contribution is 6.04. The minimum atomic E-state index is -1.20. The van der Waals surface area contributed by atoms with Gasteiger partial charge in [0.25, 0.3) is 0 Å². The molecule has 0 amide bonds. The first-order chi connectivity index (χ1) is 22.1. The number of hydrogen-bond acceptors (Lipinski definition) is 10. The van der Waals surface area contributed by atoms with Crippen LogP contribution in [0.2, 0.25) is 0 Å². The average Bonchev–Trinajstić information content (AvgIpc) is 3.70. The zero-order valence-corrected chi connectivity index (χ0v) is 26.3. The van der Waals surface area contributed by atoms with Gasteiger partial charge in [-0.25, -0.2) is 4.79 Å². The summed E-state index contributed by atoms with van der Waals surface area (Å²) in [6.45, 7) is 4.91. The Labute approximate surface area is 266 Å². The van der Waals surface area contributed by atoms with Crippen molar-refractivity contribution in [3.63, 3.8) is 0 Å². The highest BCUT2D eigenvalue weighted by atomic mass is 16.6. The summed E-state index contributed by atoms with van der Waals surface area (Å²) in [7, 11) is 1.54. The maximum atomic E-state index is 14.0. The molecule has 5 aliphatic rings. The van der Waals surface area contributed by atoms with E-state index in [0.717, 1.165) is 21.7 Å². The fraction of sp³-hybridized carbons (Fsp3) is 0.417. The molecule has 0 spiro atoms. The van der Waals surface area contributed by atoms with Crippen LogP contribution in [0.15, 0.2) is 52.2 Å². The van der Waals surface area contributed by atoms with E-state index < -0.39 is 42.0 Å². The van der Waals surface area contributed by atoms with Gasteiger partial charge in [-0.1, -0.05) is 29.9 Å². The fourth-order valence-corrected chi connectivity index (χ4v) is 7.51. The molecule has 240 valence electrons. The number of aliphatic hydroxyl groups is 3. The highest BCUT2D eigenvalue weighted by Gasteiger charge is 2.48. The maximum Gasteiger partial charge on any atom is 0.374 e. The number of methoxy groups -OCH3 is 1. The van der Waals surface area contributed by atoms with Gasteiger partial charge in [-0.3, -0.25) is 9.79 Å². The second-order valence-corrected chi connectivity index (χ2v) is 12.8. The van der Waals surface area contributed by atoms with E-state index in [1.165, 1.54) is 7.11 Å². The van der Waals surface area contributed by atoms with Crippen LogP contribution < -0.4 is 24.8 Å². The standard InChI is InChI=1S/C36H37NO9/c1-5-44-35(41)34-21-8-7-20-22(13-19(15-38)30(40)27(20)18-6-9-25-17(12-18)10-11-37-25)28(21)29-32(43-4)23-14-26(36(2,3)42)45-31(23)24(16-39)33(29)46-34/h6-10,12,19-20,26-27,38-39,42H,5,11,13-16H2,1-4H3/t19-,20+,26+,27+/m1/s1. The van der Waals surface area contributed by atoms with E-state index in [1.54, 1.807) is 26.8 Å². The Morgan fingerprint density at radius 1 is 1.17 bits per heavy atom. The third-order valence-corrected chi connectivity index (χ3v) is 9.71. The number of esters is 1. The van der Waals surface area contributed by atoms with E-state index in [2.05, 4.69) is 4.99 Å². The van der Waals surface area contributed by atoms with Crippen molar-refractivity contribution >= 4 is 23.4 Å². The smallest absolute Gasteiger partial charge is 0.374 e. The summed E-state index contributed by atoms with van der Waals surface area (Å²) in [5, 5.41) is 33.9. The number of ketones is 1. The molecule has 2 aromatic rings. The van der Waals surface area contributed by atoms with E-state index in [4.69, 9.17) is 18.9 Å². The van der Waals surface area contributed by atoms with E-state index >= 15 is 0 Å². The number of carbonyl (C=O) groups is 2. The molecule has 10 nitrogen and oxygen atoms in total. The molecule has 0 radical (unpaired) electrons. The Bertz CT molecular complexity index is 1890. The lowest BCUT2D eigenvalue weighted by atomic mass is 9.63. The predicted octanol–water partition coefficient (Wildman–Crippen LogP) is 2.19. The molecule has 4 atom stereocenters.